The zero-order valence-electron chi connectivity index (χ0n) is 21.6. The molecule has 0 saturated heterocycles. The van der Waals surface area contributed by atoms with E-state index < -0.39 is 11.6 Å². The van der Waals surface area contributed by atoms with Crippen LogP contribution in [0.4, 0.5) is 0 Å². The van der Waals surface area contributed by atoms with E-state index in [1.807, 2.05) is 13.8 Å². The number of aliphatic hydroxyl groups is 2. The second-order valence-corrected chi connectivity index (χ2v) is 10.2. The Balaban J connectivity index is 2.53. The fourth-order valence-electron chi connectivity index (χ4n) is 4.48. The van der Waals surface area contributed by atoms with E-state index in [4.69, 9.17) is 9.84 Å². The first-order chi connectivity index (χ1) is 15.5. The van der Waals surface area contributed by atoms with Crippen LogP contribution in [0.15, 0.2) is 35.6 Å². The number of rotatable bonds is 17. The van der Waals surface area contributed by atoms with Crippen LogP contribution >= 0.6 is 0 Å². The lowest BCUT2D eigenvalue weighted by atomic mass is 9.80. The van der Waals surface area contributed by atoms with Gasteiger partial charge < -0.3 is 20.1 Å². The van der Waals surface area contributed by atoms with Gasteiger partial charge in [-0.15, -0.1) is 0 Å². The smallest absolute Gasteiger partial charge is 0.306 e. The molecule has 0 heterocycles. The number of ether oxygens (including phenoxy) is 1. The standard InChI is InChI=1S/C28H48O5/c1-7-23-15-14-21(4)25(26(23)33-24(8-2)19-29)16-13-20(3)11-9-17-28(6,32)18-10-12-22(5)27(30)31/h14-15,21-22,24-25,29,32H,3,7-13,16-19H2,1-2,4-6H3,(H,30,31). The molecular weight excluding hydrogens is 416 g/mol. The maximum atomic E-state index is 10.9. The molecule has 0 spiro atoms. The van der Waals surface area contributed by atoms with Gasteiger partial charge >= 0.3 is 5.97 Å². The summed E-state index contributed by atoms with van der Waals surface area (Å²) in [7, 11) is 0. The number of carboxylic acid groups (broad SMARTS) is 1. The molecule has 0 aromatic heterocycles. The van der Waals surface area contributed by atoms with Crippen molar-refractivity contribution in [3.63, 3.8) is 0 Å². The van der Waals surface area contributed by atoms with E-state index in [0.29, 0.717) is 31.1 Å². The summed E-state index contributed by atoms with van der Waals surface area (Å²) < 4.78 is 6.28. The Morgan fingerprint density at radius 1 is 1.24 bits per heavy atom. The highest BCUT2D eigenvalue weighted by atomic mass is 16.5. The first-order valence-electron chi connectivity index (χ1n) is 12.8. The lowest BCUT2D eigenvalue weighted by molar-refractivity contribution is -0.141. The van der Waals surface area contributed by atoms with Gasteiger partial charge in [0.2, 0.25) is 0 Å². The summed E-state index contributed by atoms with van der Waals surface area (Å²) in [6.45, 7) is 14.3. The fourth-order valence-corrected chi connectivity index (χ4v) is 4.48. The summed E-state index contributed by atoms with van der Waals surface area (Å²) in [5.74, 6) is 0.582. The van der Waals surface area contributed by atoms with Crippen LogP contribution in [0, 0.1) is 17.8 Å². The van der Waals surface area contributed by atoms with E-state index in [2.05, 4.69) is 32.6 Å². The van der Waals surface area contributed by atoms with Crippen molar-refractivity contribution in [2.24, 2.45) is 17.8 Å². The number of aliphatic hydroxyl groups excluding tert-OH is 1. The maximum Gasteiger partial charge on any atom is 0.306 e. The summed E-state index contributed by atoms with van der Waals surface area (Å²) in [6.07, 6.45) is 12.3. The molecular formula is C28H48O5. The number of hydrogen-bond acceptors (Lipinski definition) is 4. The van der Waals surface area contributed by atoms with Gasteiger partial charge in [-0.3, -0.25) is 4.79 Å². The largest absolute Gasteiger partial charge is 0.492 e. The molecule has 0 bridgehead atoms. The molecule has 1 aliphatic carbocycles. The zero-order valence-corrected chi connectivity index (χ0v) is 21.6. The SMILES string of the molecule is C=C(CCCC(C)(O)CCCC(C)C(=O)O)CCC1C(OC(CC)CO)=C(CC)C=CC1C. The lowest BCUT2D eigenvalue weighted by Gasteiger charge is -2.32. The average molecular weight is 465 g/mol. The van der Waals surface area contributed by atoms with Gasteiger partial charge in [0.1, 0.15) is 11.9 Å². The highest BCUT2D eigenvalue weighted by Crippen LogP contribution is 2.37. The van der Waals surface area contributed by atoms with Crippen LogP contribution in [-0.2, 0) is 9.53 Å². The van der Waals surface area contributed by atoms with Crippen LogP contribution in [0.3, 0.4) is 0 Å². The van der Waals surface area contributed by atoms with Gasteiger partial charge in [0.15, 0.2) is 0 Å². The third-order valence-corrected chi connectivity index (χ3v) is 7.05. The van der Waals surface area contributed by atoms with E-state index in [-0.39, 0.29) is 18.6 Å². The van der Waals surface area contributed by atoms with E-state index in [9.17, 15) is 15.0 Å². The highest BCUT2D eigenvalue weighted by molar-refractivity contribution is 5.69. The monoisotopic (exact) mass is 464 g/mol. The van der Waals surface area contributed by atoms with E-state index in [0.717, 1.165) is 50.7 Å². The molecule has 5 heteroatoms. The molecule has 3 N–H and O–H groups in total. The van der Waals surface area contributed by atoms with Gasteiger partial charge in [0.25, 0.3) is 0 Å². The minimum absolute atomic E-state index is 0.0314. The Morgan fingerprint density at radius 2 is 1.91 bits per heavy atom. The van der Waals surface area contributed by atoms with Crippen molar-refractivity contribution >= 4 is 5.97 Å². The molecule has 33 heavy (non-hydrogen) atoms. The summed E-state index contributed by atoms with van der Waals surface area (Å²) >= 11 is 0. The topological polar surface area (TPSA) is 87.0 Å². The predicted octanol–water partition coefficient (Wildman–Crippen LogP) is 6.41. The van der Waals surface area contributed by atoms with Gasteiger partial charge in [-0.2, -0.15) is 0 Å². The molecule has 0 fully saturated rings. The summed E-state index contributed by atoms with van der Waals surface area (Å²) in [5.41, 5.74) is 1.66. The zero-order chi connectivity index (χ0) is 25.0. The van der Waals surface area contributed by atoms with Crippen molar-refractivity contribution in [3.05, 3.63) is 35.6 Å². The normalized spacial score (nSPS) is 22.0. The molecule has 5 atom stereocenters. The fraction of sp³-hybridized carbons (Fsp3) is 0.750. The number of allylic oxidation sites excluding steroid dienone is 5. The maximum absolute atomic E-state index is 10.9. The van der Waals surface area contributed by atoms with Crippen LogP contribution in [0.25, 0.3) is 0 Å². The van der Waals surface area contributed by atoms with Crippen LogP contribution in [0.1, 0.15) is 98.8 Å². The molecule has 0 aliphatic heterocycles. The number of carboxylic acids is 1. The van der Waals surface area contributed by atoms with Gasteiger partial charge in [0.05, 0.1) is 18.1 Å². The second-order valence-electron chi connectivity index (χ2n) is 10.2. The Morgan fingerprint density at radius 3 is 2.48 bits per heavy atom. The quantitative estimate of drug-likeness (QED) is 0.217. The molecule has 0 radical (unpaired) electrons. The van der Waals surface area contributed by atoms with E-state index in [1.54, 1.807) is 6.92 Å². The minimum atomic E-state index is -0.773. The number of carbonyl (C=O) groups is 1. The van der Waals surface area contributed by atoms with Crippen molar-refractivity contribution in [3.8, 4) is 0 Å². The average Bonchev–Trinajstić information content (AvgIpc) is 2.76. The minimum Gasteiger partial charge on any atom is -0.492 e. The van der Waals surface area contributed by atoms with Crippen molar-refractivity contribution in [2.75, 3.05) is 6.61 Å². The van der Waals surface area contributed by atoms with Crippen LogP contribution in [0.2, 0.25) is 0 Å². The number of aliphatic carboxylic acids is 1. The van der Waals surface area contributed by atoms with E-state index >= 15 is 0 Å². The van der Waals surface area contributed by atoms with Crippen LogP contribution in [-0.4, -0.2) is 39.6 Å². The molecule has 0 amide bonds. The summed E-state index contributed by atoms with van der Waals surface area (Å²) in [5, 5.41) is 29.3. The first-order valence-corrected chi connectivity index (χ1v) is 12.8. The molecule has 0 saturated carbocycles. The molecule has 0 aromatic carbocycles. The van der Waals surface area contributed by atoms with E-state index in [1.165, 1.54) is 11.1 Å². The number of hydrogen-bond donors (Lipinski definition) is 3. The third-order valence-electron chi connectivity index (χ3n) is 7.05. The van der Waals surface area contributed by atoms with Crippen molar-refractivity contribution in [1.82, 2.24) is 0 Å². The molecule has 1 rings (SSSR count). The molecule has 0 aromatic rings. The summed E-state index contributed by atoms with van der Waals surface area (Å²) in [4.78, 5) is 10.9. The first kappa shape index (κ1) is 29.4. The molecule has 5 nitrogen and oxygen atoms in total. The second kappa shape index (κ2) is 14.6. The third kappa shape index (κ3) is 10.5. The Bertz CT molecular complexity index is 672. The van der Waals surface area contributed by atoms with Gasteiger partial charge in [-0.25, -0.2) is 0 Å². The predicted molar refractivity (Wildman–Crippen MR) is 135 cm³/mol. The van der Waals surface area contributed by atoms with Crippen molar-refractivity contribution in [2.45, 2.75) is 111 Å². The van der Waals surface area contributed by atoms with Crippen molar-refractivity contribution in [1.29, 1.82) is 0 Å². The van der Waals surface area contributed by atoms with Gasteiger partial charge in [-0.05, 0) is 82.6 Å². The van der Waals surface area contributed by atoms with Crippen molar-refractivity contribution < 1.29 is 24.9 Å². The van der Waals surface area contributed by atoms with Crippen LogP contribution in [0.5, 0.6) is 0 Å². The Labute approximate surface area is 201 Å². The molecule has 190 valence electrons. The summed E-state index contributed by atoms with van der Waals surface area (Å²) in [6, 6.07) is 0. The molecule has 5 unspecified atom stereocenters. The van der Waals surface area contributed by atoms with Crippen LogP contribution < -0.4 is 0 Å². The Kier molecular flexibility index (Phi) is 13.0. The van der Waals surface area contributed by atoms with Gasteiger partial charge in [-0.1, -0.05) is 52.0 Å². The molecule has 1 aliphatic rings. The van der Waals surface area contributed by atoms with Gasteiger partial charge in [0, 0.05) is 5.92 Å². The lowest BCUT2D eigenvalue weighted by Crippen LogP contribution is -2.25. The highest BCUT2D eigenvalue weighted by Gasteiger charge is 2.28. The Hall–Kier alpha value is -1.59.